The topological polar surface area (TPSA) is 28.1 Å². The van der Waals surface area contributed by atoms with Crippen molar-refractivity contribution >= 4 is 38.8 Å². The summed E-state index contributed by atoms with van der Waals surface area (Å²) in [4.78, 5) is 8.38. The molecule has 1 atom stereocenters. The van der Waals surface area contributed by atoms with Crippen molar-refractivity contribution in [1.82, 2.24) is 4.98 Å². The molecule has 1 unspecified atom stereocenters. The van der Waals surface area contributed by atoms with Gasteiger partial charge in [-0.05, 0) is 23.3 Å². The summed E-state index contributed by atoms with van der Waals surface area (Å²) in [5.41, 5.74) is 7.94. The van der Waals surface area contributed by atoms with Crippen molar-refractivity contribution < 1.29 is 0 Å². The fourth-order valence-corrected chi connectivity index (χ4v) is 4.13. The van der Waals surface area contributed by atoms with E-state index in [1.54, 1.807) is 0 Å². The normalized spacial score (nSPS) is 17.9. The van der Waals surface area contributed by atoms with Crippen LogP contribution in [0.4, 0.5) is 5.69 Å². The molecule has 0 spiro atoms. The first-order chi connectivity index (χ1) is 12.9. The molecule has 1 radical (unpaired) electrons. The fourth-order valence-electron chi connectivity index (χ4n) is 4.13. The lowest BCUT2D eigenvalue weighted by molar-refractivity contribution is 1.18. The van der Waals surface area contributed by atoms with Gasteiger partial charge in [0.05, 0.1) is 16.9 Å². The molecule has 2 heterocycles. The maximum atomic E-state index is 4.80. The monoisotopic (exact) mass is 331 g/mol. The number of benzene rings is 3. The summed E-state index contributed by atoms with van der Waals surface area (Å²) in [6.45, 7) is 0. The Bertz CT molecular complexity index is 1280. The number of rotatable bonds is 1. The number of H-pyrrole nitrogens is 1. The van der Waals surface area contributed by atoms with Crippen LogP contribution in [0.15, 0.2) is 83.9 Å². The van der Waals surface area contributed by atoms with Gasteiger partial charge in [0.25, 0.3) is 0 Å². The third-order valence-corrected chi connectivity index (χ3v) is 5.36. The summed E-state index contributed by atoms with van der Waals surface area (Å²) in [6.07, 6.45) is 8.01. The van der Waals surface area contributed by atoms with Crippen molar-refractivity contribution in [2.45, 2.75) is 5.92 Å². The van der Waals surface area contributed by atoms with E-state index in [2.05, 4.69) is 83.9 Å². The van der Waals surface area contributed by atoms with E-state index in [-0.39, 0.29) is 5.92 Å². The number of allylic oxidation sites excluding steroid dienone is 4. The molecule has 0 saturated heterocycles. The number of aliphatic imine (C=N–C) groups is 1. The van der Waals surface area contributed by atoms with Crippen LogP contribution in [-0.2, 0) is 0 Å². The summed E-state index contributed by atoms with van der Waals surface area (Å²) in [6, 6.07) is 23.3. The second-order valence-electron chi connectivity index (χ2n) is 6.83. The summed E-state index contributed by atoms with van der Waals surface area (Å²) in [5, 5.41) is 2.51. The van der Waals surface area contributed by atoms with Gasteiger partial charge in [-0.3, -0.25) is 4.99 Å². The first-order valence-electron chi connectivity index (χ1n) is 8.88. The average molecular weight is 331 g/mol. The van der Waals surface area contributed by atoms with E-state index in [0.29, 0.717) is 0 Å². The Morgan fingerprint density at radius 1 is 0.846 bits per heavy atom. The molecule has 2 heteroatoms. The van der Waals surface area contributed by atoms with Gasteiger partial charge in [-0.1, -0.05) is 66.7 Å². The van der Waals surface area contributed by atoms with Crippen LogP contribution in [0.5, 0.6) is 0 Å². The van der Waals surface area contributed by atoms with Gasteiger partial charge in [0, 0.05) is 33.8 Å². The minimum Gasteiger partial charge on any atom is -0.354 e. The standard InChI is InChI=1S/C24H15N2/c1-3-10-21-17(6-1)19-13-12-15(14-23(19)25-21)16-8-5-9-20-18-7-2-4-11-22(18)26-24(16)20/h1-13,19,26H. The van der Waals surface area contributed by atoms with E-state index in [0.717, 1.165) is 22.5 Å². The Kier molecular flexibility index (Phi) is 2.69. The molecule has 1 aliphatic carbocycles. The minimum atomic E-state index is 0.233. The van der Waals surface area contributed by atoms with Gasteiger partial charge in [0.15, 0.2) is 0 Å². The Morgan fingerprint density at radius 3 is 2.69 bits per heavy atom. The molecule has 0 amide bonds. The maximum absolute atomic E-state index is 4.80. The highest BCUT2D eigenvalue weighted by Crippen LogP contribution is 2.40. The van der Waals surface area contributed by atoms with E-state index in [1.165, 1.54) is 27.4 Å². The Balaban J connectivity index is 1.54. The van der Waals surface area contributed by atoms with Crippen LogP contribution in [-0.4, -0.2) is 10.7 Å². The number of aromatic nitrogens is 1. The third-order valence-electron chi connectivity index (χ3n) is 5.36. The van der Waals surface area contributed by atoms with Crippen molar-refractivity contribution in [3.63, 3.8) is 0 Å². The minimum absolute atomic E-state index is 0.233. The van der Waals surface area contributed by atoms with Crippen LogP contribution in [0.3, 0.4) is 0 Å². The zero-order chi connectivity index (χ0) is 17.1. The van der Waals surface area contributed by atoms with Gasteiger partial charge in [-0.25, -0.2) is 0 Å². The van der Waals surface area contributed by atoms with Crippen molar-refractivity contribution in [3.05, 3.63) is 96.1 Å². The third kappa shape index (κ3) is 1.84. The van der Waals surface area contributed by atoms with Gasteiger partial charge >= 0.3 is 0 Å². The maximum Gasteiger partial charge on any atom is 0.0675 e. The van der Waals surface area contributed by atoms with Gasteiger partial charge in [0.2, 0.25) is 0 Å². The van der Waals surface area contributed by atoms with Crippen LogP contribution >= 0.6 is 0 Å². The number of hydrogen-bond donors (Lipinski definition) is 1. The van der Waals surface area contributed by atoms with E-state index >= 15 is 0 Å². The smallest absolute Gasteiger partial charge is 0.0675 e. The molecule has 2 nitrogen and oxygen atoms in total. The molecule has 0 fully saturated rings. The van der Waals surface area contributed by atoms with Crippen molar-refractivity contribution in [3.8, 4) is 0 Å². The van der Waals surface area contributed by atoms with E-state index in [1.807, 2.05) is 6.07 Å². The first-order valence-corrected chi connectivity index (χ1v) is 8.88. The molecule has 6 rings (SSSR count). The van der Waals surface area contributed by atoms with Gasteiger partial charge in [-0.2, -0.15) is 0 Å². The molecule has 3 aromatic carbocycles. The largest absolute Gasteiger partial charge is 0.354 e. The number of para-hydroxylation sites is 3. The van der Waals surface area contributed by atoms with Crippen molar-refractivity contribution in [2.24, 2.45) is 4.99 Å². The fraction of sp³-hybridized carbons (Fsp3) is 0.0417. The van der Waals surface area contributed by atoms with E-state index in [9.17, 15) is 0 Å². The van der Waals surface area contributed by atoms with Crippen LogP contribution in [0, 0.1) is 6.08 Å². The highest BCUT2D eigenvalue weighted by atomic mass is 14.8. The Hall–Kier alpha value is -3.39. The molecular weight excluding hydrogens is 316 g/mol. The van der Waals surface area contributed by atoms with Gasteiger partial charge in [-0.15, -0.1) is 0 Å². The molecular formula is C24H15N2. The van der Waals surface area contributed by atoms with Crippen LogP contribution in [0.1, 0.15) is 17.0 Å². The lowest BCUT2D eigenvalue weighted by atomic mass is 9.87. The summed E-state index contributed by atoms with van der Waals surface area (Å²) in [5.74, 6) is 0.233. The Morgan fingerprint density at radius 2 is 1.69 bits per heavy atom. The first kappa shape index (κ1) is 13.9. The number of nitrogens with one attached hydrogen (secondary N) is 1. The lowest BCUT2D eigenvalue weighted by Crippen LogP contribution is -2.08. The molecule has 0 saturated carbocycles. The second-order valence-corrected chi connectivity index (χ2v) is 6.83. The molecule has 26 heavy (non-hydrogen) atoms. The second kappa shape index (κ2) is 5.06. The highest BCUT2D eigenvalue weighted by Gasteiger charge is 2.26. The van der Waals surface area contributed by atoms with Crippen LogP contribution < -0.4 is 0 Å². The van der Waals surface area contributed by atoms with Gasteiger partial charge in [0.1, 0.15) is 0 Å². The molecule has 1 aliphatic heterocycles. The molecule has 2 aliphatic rings. The zero-order valence-corrected chi connectivity index (χ0v) is 14.0. The molecule has 121 valence electrons. The van der Waals surface area contributed by atoms with E-state index in [4.69, 9.17) is 4.99 Å². The SMILES string of the molecule is [C]1=C(c2cccc3c2[nH]c2ccccc23)C=CC2C1=Nc1ccccc12. The lowest BCUT2D eigenvalue weighted by Gasteiger charge is -2.14. The molecule has 4 aromatic rings. The van der Waals surface area contributed by atoms with Crippen molar-refractivity contribution in [2.75, 3.05) is 0 Å². The zero-order valence-electron chi connectivity index (χ0n) is 14.0. The Labute approximate surface area is 151 Å². The predicted molar refractivity (Wildman–Crippen MR) is 108 cm³/mol. The number of fused-ring (bicyclic) bond motifs is 6. The number of aromatic amines is 1. The number of hydrogen-bond acceptors (Lipinski definition) is 1. The molecule has 1 aromatic heterocycles. The average Bonchev–Trinajstić information content (AvgIpc) is 3.25. The highest BCUT2D eigenvalue weighted by molar-refractivity contribution is 6.14. The van der Waals surface area contributed by atoms with Crippen molar-refractivity contribution in [1.29, 1.82) is 0 Å². The van der Waals surface area contributed by atoms with Gasteiger partial charge < -0.3 is 4.98 Å². The predicted octanol–water partition coefficient (Wildman–Crippen LogP) is 5.95. The van der Waals surface area contributed by atoms with E-state index < -0.39 is 0 Å². The summed E-state index contributed by atoms with van der Waals surface area (Å²) in [7, 11) is 0. The molecule has 1 N–H and O–H groups in total. The summed E-state index contributed by atoms with van der Waals surface area (Å²) >= 11 is 0. The number of nitrogens with zero attached hydrogens (tertiary/aromatic N) is 1. The molecule has 0 bridgehead atoms. The summed E-state index contributed by atoms with van der Waals surface area (Å²) < 4.78 is 0. The van der Waals surface area contributed by atoms with Crippen LogP contribution in [0.25, 0.3) is 27.4 Å². The van der Waals surface area contributed by atoms with Crippen LogP contribution in [0.2, 0.25) is 0 Å². The quantitative estimate of drug-likeness (QED) is 0.446.